The van der Waals surface area contributed by atoms with Crippen LogP contribution < -0.4 is 10.6 Å². The largest absolute Gasteiger partial charge is 0.508 e. The minimum absolute atomic E-state index is 0.198. The van der Waals surface area contributed by atoms with Gasteiger partial charge in [0.05, 0.1) is 0 Å². The molecule has 1 aromatic carbocycles. The number of rotatable bonds is 7. The number of aliphatic hydroxyl groups excluding tert-OH is 1. The first-order chi connectivity index (χ1) is 12.3. The number of likely N-dealkylation sites (N-methyl/N-ethyl adjacent to an activating group) is 1. The van der Waals surface area contributed by atoms with Crippen molar-refractivity contribution in [3.05, 3.63) is 51.7 Å². The van der Waals surface area contributed by atoms with Crippen LogP contribution in [0.1, 0.15) is 30.5 Å². The first-order valence-electron chi connectivity index (χ1n) is 9.04. The Morgan fingerprint density at radius 3 is 2.85 bits per heavy atom. The van der Waals surface area contributed by atoms with Crippen molar-refractivity contribution in [3.8, 4) is 5.75 Å². The van der Waals surface area contributed by atoms with Crippen molar-refractivity contribution in [2.24, 2.45) is 0 Å². The van der Waals surface area contributed by atoms with E-state index in [0.717, 1.165) is 19.4 Å². The zero-order valence-corrected chi connectivity index (χ0v) is 16.5. The van der Waals surface area contributed by atoms with Crippen molar-refractivity contribution < 1.29 is 10.2 Å². The number of aliphatic hydroxyl groups is 1. The molecule has 142 valence electrons. The average Bonchev–Trinajstić information content (AvgIpc) is 3.04. The van der Waals surface area contributed by atoms with E-state index in [2.05, 4.69) is 53.3 Å². The molecule has 4 N–H and O–H groups in total. The zero-order chi connectivity index (χ0) is 18.7. The SMILES string of the molecule is CN1Cc2cc(O)ccc2C[C@H]1CNC(O)NC(C)(C)Cc1ccsc1. The highest BCUT2D eigenvalue weighted by Gasteiger charge is 2.26. The molecule has 2 heterocycles. The smallest absolute Gasteiger partial charge is 0.160 e. The van der Waals surface area contributed by atoms with E-state index in [0.29, 0.717) is 18.3 Å². The van der Waals surface area contributed by atoms with Crippen molar-refractivity contribution >= 4 is 11.3 Å². The van der Waals surface area contributed by atoms with Crippen molar-refractivity contribution in [2.75, 3.05) is 13.6 Å². The maximum absolute atomic E-state index is 10.4. The van der Waals surface area contributed by atoms with Crippen LogP contribution in [0.25, 0.3) is 0 Å². The van der Waals surface area contributed by atoms with Crippen LogP contribution in [0.5, 0.6) is 5.75 Å². The van der Waals surface area contributed by atoms with Crippen LogP contribution in [-0.4, -0.2) is 46.6 Å². The first kappa shape index (κ1) is 19.3. The van der Waals surface area contributed by atoms with Gasteiger partial charge in [-0.2, -0.15) is 11.3 Å². The van der Waals surface area contributed by atoms with Gasteiger partial charge >= 0.3 is 0 Å². The molecule has 0 bridgehead atoms. The minimum atomic E-state index is -0.752. The van der Waals surface area contributed by atoms with Crippen LogP contribution in [0.4, 0.5) is 0 Å². The van der Waals surface area contributed by atoms with Gasteiger partial charge in [0.1, 0.15) is 5.75 Å². The second-order valence-corrected chi connectivity index (χ2v) is 8.65. The first-order valence-corrected chi connectivity index (χ1v) is 9.98. The van der Waals surface area contributed by atoms with Crippen LogP contribution in [0.2, 0.25) is 0 Å². The highest BCUT2D eigenvalue weighted by molar-refractivity contribution is 7.07. The summed E-state index contributed by atoms with van der Waals surface area (Å²) in [5.41, 5.74) is 3.54. The Kier molecular flexibility index (Phi) is 5.99. The van der Waals surface area contributed by atoms with Gasteiger partial charge in [0.15, 0.2) is 6.35 Å². The van der Waals surface area contributed by atoms with Gasteiger partial charge in [0.25, 0.3) is 0 Å². The normalized spacial score (nSPS) is 19.3. The van der Waals surface area contributed by atoms with Crippen LogP contribution >= 0.6 is 11.3 Å². The summed E-state index contributed by atoms with van der Waals surface area (Å²) >= 11 is 1.70. The standard InChI is InChI=1S/C20H29N3O2S/c1-20(2,10-14-6-7-26-13-14)22-19(25)21-11-17-8-15-4-5-18(24)9-16(15)12-23(17)3/h4-7,9,13,17,19,21-22,24-25H,8,10-12H2,1-3H3/t17-,19?/m0/s1. The Morgan fingerprint density at radius 1 is 1.31 bits per heavy atom. The van der Waals surface area contributed by atoms with Gasteiger partial charge < -0.3 is 10.2 Å². The molecule has 0 aliphatic carbocycles. The van der Waals surface area contributed by atoms with E-state index in [-0.39, 0.29) is 5.54 Å². The molecule has 2 atom stereocenters. The van der Waals surface area contributed by atoms with Crippen LogP contribution in [-0.2, 0) is 19.4 Å². The van der Waals surface area contributed by atoms with E-state index in [4.69, 9.17) is 0 Å². The van der Waals surface area contributed by atoms with Gasteiger partial charge in [-0.25, -0.2) is 0 Å². The summed E-state index contributed by atoms with van der Waals surface area (Å²) in [4.78, 5) is 2.26. The van der Waals surface area contributed by atoms with Crippen molar-refractivity contribution in [1.82, 2.24) is 15.5 Å². The molecule has 3 rings (SSSR count). The van der Waals surface area contributed by atoms with Crippen molar-refractivity contribution in [1.29, 1.82) is 0 Å². The lowest BCUT2D eigenvalue weighted by molar-refractivity contribution is 0.0599. The number of aromatic hydroxyl groups is 1. The van der Waals surface area contributed by atoms with Crippen LogP contribution in [0.15, 0.2) is 35.0 Å². The molecule has 0 fully saturated rings. The molecule has 0 radical (unpaired) electrons. The van der Waals surface area contributed by atoms with Gasteiger partial charge in [-0.05, 0) is 79.4 Å². The fourth-order valence-corrected chi connectivity index (χ4v) is 4.29. The molecular formula is C20H29N3O2S. The molecule has 1 aliphatic rings. The monoisotopic (exact) mass is 375 g/mol. The summed E-state index contributed by atoms with van der Waals surface area (Å²) in [7, 11) is 2.08. The van der Waals surface area contributed by atoms with Crippen molar-refractivity contribution in [2.45, 2.75) is 51.2 Å². The summed E-state index contributed by atoms with van der Waals surface area (Å²) in [5, 5.41) is 30.8. The number of thiophene rings is 1. The molecule has 1 aliphatic heterocycles. The molecular weight excluding hydrogens is 346 g/mol. The number of phenols is 1. The number of benzene rings is 1. The number of fused-ring (bicyclic) bond motifs is 1. The second-order valence-electron chi connectivity index (χ2n) is 7.87. The van der Waals surface area contributed by atoms with E-state index in [9.17, 15) is 10.2 Å². The third-order valence-corrected chi connectivity index (χ3v) is 5.72. The number of nitrogens with one attached hydrogen (secondary N) is 2. The molecule has 0 saturated carbocycles. The van der Waals surface area contributed by atoms with Crippen LogP contribution in [0.3, 0.4) is 0 Å². The summed E-state index contributed by atoms with van der Waals surface area (Å²) in [5.74, 6) is 0.321. The predicted octanol–water partition coefficient (Wildman–Crippen LogP) is 2.29. The number of nitrogens with zero attached hydrogens (tertiary/aromatic N) is 1. The maximum atomic E-state index is 10.4. The summed E-state index contributed by atoms with van der Waals surface area (Å²) < 4.78 is 0. The molecule has 26 heavy (non-hydrogen) atoms. The number of phenolic OH excluding ortho intramolecular Hbond substituents is 1. The van der Waals surface area contributed by atoms with E-state index >= 15 is 0 Å². The summed E-state index contributed by atoms with van der Waals surface area (Å²) in [6.07, 6.45) is 1.03. The summed E-state index contributed by atoms with van der Waals surface area (Å²) in [6.45, 7) is 5.71. The average molecular weight is 376 g/mol. The van der Waals surface area contributed by atoms with E-state index in [1.807, 2.05) is 12.1 Å². The van der Waals surface area contributed by atoms with Crippen LogP contribution in [0, 0.1) is 0 Å². The fraction of sp³-hybridized carbons (Fsp3) is 0.500. The fourth-order valence-electron chi connectivity index (χ4n) is 3.62. The highest BCUT2D eigenvalue weighted by Crippen LogP contribution is 2.25. The second kappa shape index (κ2) is 8.06. The Labute approximate surface area is 159 Å². The lowest BCUT2D eigenvalue weighted by Gasteiger charge is -2.36. The van der Waals surface area contributed by atoms with Gasteiger partial charge in [0, 0.05) is 24.7 Å². The maximum Gasteiger partial charge on any atom is 0.160 e. The third-order valence-electron chi connectivity index (χ3n) is 4.99. The third kappa shape index (κ3) is 5.05. The number of hydrogen-bond donors (Lipinski definition) is 4. The molecule has 6 heteroatoms. The molecule has 0 amide bonds. The Balaban J connectivity index is 1.51. The summed E-state index contributed by atoms with van der Waals surface area (Å²) in [6, 6.07) is 8.03. The zero-order valence-electron chi connectivity index (χ0n) is 15.7. The van der Waals surface area contributed by atoms with Gasteiger partial charge in [-0.1, -0.05) is 6.07 Å². The van der Waals surface area contributed by atoms with Gasteiger partial charge in [-0.3, -0.25) is 15.5 Å². The molecule has 1 aromatic heterocycles. The molecule has 5 nitrogen and oxygen atoms in total. The number of hydrogen-bond acceptors (Lipinski definition) is 6. The topological polar surface area (TPSA) is 67.8 Å². The Hall–Kier alpha value is -1.44. The Bertz CT molecular complexity index is 718. The lowest BCUT2D eigenvalue weighted by Crippen LogP contribution is -2.56. The van der Waals surface area contributed by atoms with Crippen molar-refractivity contribution in [3.63, 3.8) is 0 Å². The van der Waals surface area contributed by atoms with E-state index in [1.165, 1.54) is 16.7 Å². The predicted molar refractivity (Wildman–Crippen MR) is 106 cm³/mol. The van der Waals surface area contributed by atoms with E-state index < -0.39 is 6.35 Å². The molecule has 0 saturated heterocycles. The van der Waals surface area contributed by atoms with Gasteiger partial charge in [0.2, 0.25) is 0 Å². The van der Waals surface area contributed by atoms with Gasteiger partial charge in [-0.15, -0.1) is 0 Å². The quantitative estimate of drug-likeness (QED) is 0.559. The van der Waals surface area contributed by atoms with E-state index in [1.54, 1.807) is 17.4 Å². The minimum Gasteiger partial charge on any atom is -0.508 e. The lowest BCUT2D eigenvalue weighted by atomic mass is 9.94. The molecule has 2 aromatic rings. The molecule has 1 unspecified atom stereocenters. The highest BCUT2D eigenvalue weighted by atomic mass is 32.1. The Morgan fingerprint density at radius 2 is 2.12 bits per heavy atom. The molecule has 0 spiro atoms.